The summed E-state index contributed by atoms with van der Waals surface area (Å²) < 4.78 is 18.9. The second kappa shape index (κ2) is 7.00. The zero-order chi connectivity index (χ0) is 13.7. The van der Waals surface area contributed by atoms with Crippen molar-refractivity contribution in [2.24, 2.45) is 5.92 Å². The van der Waals surface area contributed by atoms with Crippen LogP contribution in [0.1, 0.15) is 26.3 Å². The second-order valence-electron chi connectivity index (χ2n) is 4.51. The summed E-state index contributed by atoms with van der Waals surface area (Å²) in [5.74, 6) is -0.150. The van der Waals surface area contributed by atoms with Gasteiger partial charge >= 0.3 is 0 Å². The van der Waals surface area contributed by atoms with Crippen molar-refractivity contribution >= 4 is 21.7 Å². The third kappa shape index (κ3) is 4.18. The number of ether oxygens (including phenoxy) is 1. The Morgan fingerprint density at radius 3 is 2.61 bits per heavy atom. The molecule has 0 aromatic heterocycles. The molecule has 1 unspecified atom stereocenters. The highest BCUT2D eigenvalue weighted by atomic mass is 79.9. The van der Waals surface area contributed by atoms with Crippen LogP contribution >= 0.6 is 15.9 Å². The molecule has 1 rings (SSSR count). The zero-order valence-corrected chi connectivity index (χ0v) is 12.5. The molecule has 0 fully saturated rings. The highest BCUT2D eigenvalue weighted by Crippen LogP contribution is 2.18. The summed E-state index contributed by atoms with van der Waals surface area (Å²) in [4.78, 5) is 12.1. The van der Waals surface area contributed by atoms with Crippen LogP contribution in [0.4, 0.5) is 4.39 Å². The van der Waals surface area contributed by atoms with Crippen LogP contribution in [-0.4, -0.2) is 18.5 Å². The molecule has 0 spiro atoms. The maximum Gasteiger partial charge on any atom is 0.166 e. The predicted molar refractivity (Wildman–Crippen MR) is 73.1 cm³/mol. The summed E-state index contributed by atoms with van der Waals surface area (Å²) in [5, 5.41) is 0. The molecule has 0 amide bonds. The Hall–Kier alpha value is -0.740. The highest BCUT2D eigenvalue weighted by molar-refractivity contribution is 9.10. The Morgan fingerprint density at radius 2 is 2.11 bits per heavy atom. The number of hydrogen-bond acceptors (Lipinski definition) is 2. The monoisotopic (exact) mass is 316 g/mol. The van der Waals surface area contributed by atoms with E-state index in [1.807, 2.05) is 20.8 Å². The van der Waals surface area contributed by atoms with E-state index >= 15 is 0 Å². The van der Waals surface area contributed by atoms with E-state index in [1.165, 1.54) is 6.07 Å². The standard InChI is InChI=1S/C14H18BrFO2/c1-4-18-14(9(2)3)13(17)8-10-5-6-12(16)11(15)7-10/h5-7,9,14H,4,8H2,1-3H3. The lowest BCUT2D eigenvalue weighted by atomic mass is 9.98. The van der Waals surface area contributed by atoms with E-state index < -0.39 is 0 Å². The third-order valence-corrected chi connectivity index (χ3v) is 3.24. The van der Waals surface area contributed by atoms with Crippen LogP contribution in [-0.2, 0) is 16.0 Å². The minimum atomic E-state index is -0.390. The van der Waals surface area contributed by atoms with E-state index in [0.29, 0.717) is 11.1 Å². The van der Waals surface area contributed by atoms with Crippen LogP contribution in [0.2, 0.25) is 0 Å². The van der Waals surface area contributed by atoms with Crippen LogP contribution in [0.25, 0.3) is 0 Å². The van der Waals surface area contributed by atoms with Gasteiger partial charge in [0.1, 0.15) is 11.9 Å². The van der Waals surface area contributed by atoms with Gasteiger partial charge in [-0.05, 0) is 46.5 Å². The molecule has 0 N–H and O–H groups in total. The summed E-state index contributed by atoms with van der Waals surface area (Å²) in [6.07, 6.45) is -0.124. The van der Waals surface area contributed by atoms with Gasteiger partial charge in [0.2, 0.25) is 0 Å². The van der Waals surface area contributed by atoms with E-state index in [4.69, 9.17) is 4.74 Å². The minimum Gasteiger partial charge on any atom is -0.370 e. The molecule has 0 aliphatic carbocycles. The van der Waals surface area contributed by atoms with Crippen molar-refractivity contribution in [2.45, 2.75) is 33.3 Å². The van der Waals surface area contributed by atoms with Crippen molar-refractivity contribution in [3.63, 3.8) is 0 Å². The summed E-state index contributed by atoms with van der Waals surface area (Å²) in [6, 6.07) is 4.62. The molecule has 100 valence electrons. The van der Waals surface area contributed by atoms with Gasteiger partial charge in [-0.3, -0.25) is 4.79 Å². The fourth-order valence-corrected chi connectivity index (χ4v) is 2.21. The molecule has 18 heavy (non-hydrogen) atoms. The van der Waals surface area contributed by atoms with Crippen LogP contribution in [0.3, 0.4) is 0 Å². The molecular formula is C14H18BrFO2. The smallest absolute Gasteiger partial charge is 0.166 e. The molecule has 0 aliphatic rings. The number of carbonyl (C=O) groups is 1. The first-order valence-corrected chi connectivity index (χ1v) is 6.83. The number of rotatable bonds is 6. The Kier molecular flexibility index (Phi) is 5.96. The molecule has 4 heteroatoms. The molecule has 0 bridgehead atoms. The molecule has 0 heterocycles. The van der Waals surface area contributed by atoms with Gasteiger partial charge in [0.25, 0.3) is 0 Å². The molecule has 0 saturated carbocycles. The quantitative estimate of drug-likeness (QED) is 0.798. The average Bonchev–Trinajstić information content (AvgIpc) is 2.30. The van der Waals surface area contributed by atoms with Crippen LogP contribution in [0.5, 0.6) is 0 Å². The molecule has 1 atom stereocenters. The molecular weight excluding hydrogens is 299 g/mol. The number of ketones is 1. The fraction of sp³-hybridized carbons (Fsp3) is 0.500. The summed E-state index contributed by atoms with van der Waals surface area (Å²) in [5.41, 5.74) is 0.790. The van der Waals surface area contributed by atoms with Gasteiger partial charge in [-0.15, -0.1) is 0 Å². The van der Waals surface area contributed by atoms with Crippen molar-refractivity contribution < 1.29 is 13.9 Å². The van der Waals surface area contributed by atoms with Gasteiger partial charge in [-0.1, -0.05) is 19.9 Å². The van der Waals surface area contributed by atoms with Crippen molar-refractivity contribution in [2.75, 3.05) is 6.61 Å². The molecule has 0 aliphatic heterocycles. The van der Waals surface area contributed by atoms with Crippen LogP contribution < -0.4 is 0 Å². The normalized spacial score (nSPS) is 12.8. The third-order valence-electron chi connectivity index (χ3n) is 2.63. The molecule has 2 nitrogen and oxygen atoms in total. The molecule has 1 aromatic carbocycles. The van der Waals surface area contributed by atoms with E-state index in [9.17, 15) is 9.18 Å². The summed E-state index contributed by atoms with van der Waals surface area (Å²) in [7, 11) is 0. The van der Waals surface area contributed by atoms with Crippen molar-refractivity contribution in [1.29, 1.82) is 0 Å². The Labute approximate surface area is 116 Å². The lowest BCUT2D eigenvalue weighted by molar-refractivity contribution is -0.132. The first-order valence-electron chi connectivity index (χ1n) is 6.04. The summed E-state index contributed by atoms with van der Waals surface area (Å²) >= 11 is 3.12. The SMILES string of the molecule is CCOC(C(=O)Cc1ccc(F)c(Br)c1)C(C)C. The second-order valence-corrected chi connectivity index (χ2v) is 5.37. The van der Waals surface area contributed by atoms with Gasteiger partial charge in [0.15, 0.2) is 5.78 Å². The van der Waals surface area contributed by atoms with Gasteiger partial charge in [-0.2, -0.15) is 0 Å². The van der Waals surface area contributed by atoms with Crippen LogP contribution in [0, 0.1) is 11.7 Å². The fourth-order valence-electron chi connectivity index (χ4n) is 1.79. The maximum atomic E-state index is 13.1. The number of benzene rings is 1. The number of Topliss-reactive ketones (excluding diaryl/α,β-unsaturated/α-hetero) is 1. The van der Waals surface area contributed by atoms with Crippen molar-refractivity contribution in [1.82, 2.24) is 0 Å². The minimum absolute atomic E-state index is 0.0327. The lowest BCUT2D eigenvalue weighted by Gasteiger charge is -2.19. The molecule has 0 saturated heterocycles. The van der Waals surface area contributed by atoms with E-state index in [2.05, 4.69) is 15.9 Å². The maximum absolute atomic E-state index is 13.1. The first-order chi connectivity index (χ1) is 8.45. The largest absolute Gasteiger partial charge is 0.370 e. The van der Waals surface area contributed by atoms with Crippen molar-refractivity contribution in [3.05, 3.63) is 34.1 Å². The Morgan fingerprint density at radius 1 is 1.44 bits per heavy atom. The van der Waals surface area contributed by atoms with Crippen molar-refractivity contribution in [3.8, 4) is 0 Å². The topological polar surface area (TPSA) is 26.3 Å². The van der Waals surface area contributed by atoms with E-state index in [1.54, 1.807) is 12.1 Å². The summed E-state index contributed by atoms with van der Waals surface area (Å²) in [6.45, 7) is 6.30. The van der Waals surface area contributed by atoms with Gasteiger partial charge < -0.3 is 4.74 Å². The predicted octanol–water partition coefficient (Wildman–Crippen LogP) is 3.76. The Bertz CT molecular complexity index is 418. The number of halogens is 2. The zero-order valence-electron chi connectivity index (χ0n) is 10.9. The average molecular weight is 317 g/mol. The number of carbonyl (C=O) groups excluding carboxylic acids is 1. The van der Waals surface area contributed by atoms with Crippen LogP contribution in [0.15, 0.2) is 22.7 Å². The van der Waals surface area contributed by atoms with E-state index in [-0.39, 0.29) is 30.0 Å². The first kappa shape index (κ1) is 15.3. The molecule has 1 aromatic rings. The lowest BCUT2D eigenvalue weighted by Crippen LogP contribution is -2.31. The van der Waals surface area contributed by atoms with Gasteiger partial charge in [-0.25, -0.2) is 4.39 Å². The number of hydrogen-bond donors (Lipinski definition) is 0. The Balaban J connectivity index is 2.76. The van der Waals surface area contributed by atoms with Gasteiger partial charge in [0, 0.05) is 13.0 Å². The van der Waals surface area contributed by atoms with E-state index in [0.717, 1.165) is 5.56 Å². The molecule has 0 radical (unpaired) electrons. The highest BCUT2D eigenvalue weighted by Gasteiger charge is 2.22. The van der Waals surface area contributed by atoms with Gasteiger partial charge in [0.05, 0.1) is 4.47 Å².